The zero-order chi connectivity index (χ0) is 38.1. The number of carbonyl (C=O) groups excluding carboxylic acids is 8. The van der Waals surface area contributed by atoms with E-state index in [2.05, 4.69) is 72.4 Å². The molecule has 0 unspecified atom stereocenters. The number of aromatic amines is 1. The number of imidazole rings is 1. The van der Waals surface area contributed by atoms with Crippen LogP contribution in [0.4, 0.5) is 0 Å². The van der Waals surface area contributed by atoms with Crippen LogP contribution >= 0.6 is 25.3 Å². The quantitative estimate of drug-likeness (QED) is 0.0533. The Morgan fingerprint density at radius 1 is 0.780 bits per heavy atom. The van der Waals surface area contributed by atoms with E-state index >= 15 is 0 Å². The molecule has 0 spiro atoms. The third-order valence-corrected chi connectivity index (χ3v) is 7.51. The van der Waals surface area contributed by atoms with Crippen LogP contribution in [0.2, 0.25) is 0 Å². The standard InChI is InChI=1S/C28H44N10O10S2/c1-12(2)22(28(48)36-17(6-21(41)42)26(46)37-18(9-49)23(29)43)38-20(40)8-31-25(45)16(5-15-7-30-11-32-15)35-24(44)13(3)33-27(47)19(10-50)34-14(4)39/h7,11-13,16-19,22,49-50H,5-6,8-10H2,1-4H3,(H2,29,43)(H,30,32)(H,31,45)(H,33,47)(H,34,39)(H,35,44)(H,36,48)(H,37,46)(H,38,40)(H,41,42)/t13-,16-,17-,18-,19-,22-/m0/s1. The van der Waals surface area contributed by atoms with E-state index in [9.17, 15) is 48.3 Å². The van der Waals surface area contributed by atoms with Gasteiger partial charge in [0.15, 0.2) is 0 Å². The molecule has 0 saturated carbocycles. The van der Waals surface area contributed by atoms with Gasteiger partial charge in [0.05, 0.1) is 19.3 Å². The number of carbonyl (C=O) groups is 9. The van der Waals surface area contributed by atoms with Gasteiger partial charge in [-0.1, -0.05) is 13.8 Å². The Labute approximate surface area is 298 Å². The minimum Gasteiger partial charge on any atom is -0.481 e. The third-order valence-electron chi connectivity index (χ3n) is 6.78. The Kier molecular flexibility index (Phi) is 18.4. The summed E-state index contributed by atoms with van der Waals surface area (Å²) in [5.74, 6) is -8.74. The lowest BCUT2D eigenvalue weighted by atomic mass is 10.0. The van der Waals surface area contributed by atoms with Crippen LogP contribution in [-0.2, 0) is 49.6 Å². The van der Waals surface area contributed by atoms with Crippen LogP contribution in [0.5, 0.6) is 0 Å². The molecule has 50 heavy (non-hydrogen) atoms. The van der Waals surface area contributed by atoms with Gasteiger partial charge in [0.25, 0.3) is 0 Å². The second-order valence-electron chi connectivity index (χ2n) is 11.3. The van der Waals surface area contributed by atoms with Crippen LogP contribution in [0.1, 0.15) is 39.8 Å². The summed E-state index contributed by atoms with van der Waals surface area (Å²) in [6.45, 7) is 5.02. The van der Waals surface area contributed by atoms with E-state index < -0.39 is 108 Å². The molecule has 0 fully saturated rings. The molecule has 0 saturated heterocycles. The molecule has 1 aromatic heterocycles. The van der Waals surface area contributed by atoms with Crippen LogP contribution in [0.25, 0.3) is 0 Å². The molecule has 1 rings (SSSR count). The van der Waals surface area contributed by atoms with Crippen LogP contribution in [-0.4, -0.2) is 123 Å². The molecule has 11 N–H and O–H groups in total. The average Bonchev–Trinajstić information content (AvgIpc) is 3.55. The van der Waals surface area contributed by atoms with Gasteiger partial charge in [0, 0.05) is 36.7 Å². The SMILES string of the molecule is CC(=O)N[C@@H](CS)C(=O)N[C@@H](C)C(=O)N[C@@H](Cc1cnc[nH]1)C(=O)NCC(=O)N[C@H](C(=O)N[C@@H](CC(=O)O)C(=O)N[C@@H](CS)C(N)=O)C(C)C. The van der Waals surface area contributed by atoms with Crippen molar-refractivity contribution in [1.82, 2.24) is 47.2 Å². The maximum atomic E-state index is 13.2. The molecule has 0 radical (unpaired) electrons. The number of hydrogen-bond acceptors (Lipinski definition) is 12. The Hall–Kier alpha value is -4.86. The first-order valence-corrected chi connectivity index (χ1v) is 16.4. The maximum Gasteiger partial charge on any atom is 0.305 e. The topological polar surface area (TPSA) is 313 Å². The Balaban J connectivity index is 2.97. The molecule has 20 nitrogen and oxygen atoms in total. The van der Waals surface area contributed by atoms with Gasteiger partial charge in [0.2, 0.25) is 47.3 Å². The van der Waals surface area contributed by atoms with Crippen LogP contribution in [0, 0.1) is 5.92 Å². The van der Waals surface area contributed by atoms with Crippen molar-refractivity contribution < 1.29 is 48.3 Å². The summed E-state index contributed by atoms with van der Waals surface area (Å²) in [5.41, 5.74) is 5.63. The number of nitrogens with zero attached hydrogens (tertiary/aromatic N) is 1. The molecular formula is C28H44N10O10S2. The largest absolute Gasteiger partial charge is 0.481 e. The molecule has 22 heteroatoms. The first-order valence-electron chi connectivity index (χ1n) is 15.2. The van der Waals surface area contributed by atoms with Gasteiger partial charge in [0.1, 0.15) is 36.3 Å². The van der Waals surface area contributed by atoms with Gasteiger partial charge in [-0.3, -0.25) is 43.2 Å². The number of aromatic nitrogens is 2. The predicted octanol–water partition coefficient (Wildman–Crippen LogP) is -4.51. The fourth-order valence-corrected chi connectivity index (χ4v) is 4.64. The van der Waals surface area contributed by atoms with E-state index in [-0.39, 0.29) is 17.9 Å². The highest BCUT2D eigenvalue weighted by Crippen LogP contribution is 2.05. The summed E-state index contributed by atoms with van der Waals surface area (Å²) in [6, 6.07) is -7.63. The number of primary amides is 1. The molecule has 0 aliphatic carbocycles. The zero-order valence-corrected chi connectivity index (χ0v) is 29.6. The van der Waals surface area contributed by atoms with E-state index in [1.165, 1.54) is 26.4 Å². The number of nitrogens with one attached hydrogen (secondary N) is 8. The summed E-state index contributed by atoms with van der Waals surface area (Å²) in [5, 5.41) is 25.8. The van der Waals surface area contributed by atoms with Crippen molar-refractivity contribution >= 4 is 78.5 Å². The first kappa shape index (κ1) is 43.2. The minimum atomic E-state index is -1.65. The molecule has 1 aromatic rings. The fraction of sp³-hybridized carbons (Fsp3) is 0.571. The Morgan fingerprint density at radius 3 is 1.86 bits per heavy atom. The van der Waals surface area contributed by atoms with Gasteiger partial charge < -0.3 is 53.0 Å². The van der Waals surface area contributed by atoms with Crippen molar-refractivity contribution in [2.45, 2.75) is 76.8 Å². The monoisotopic (exact) mass is 744 g/mol. The van der Waals surface area contributed by atoms with Crippen LogP contribution in [0.3, 0.4) is 0 Å². The summed E-state index contributed by atoms with van der Waals surface area (Å²) in [6.07, 6.45) is 1.80. The second-order valence-corrected chi connectivity index (χ2v) is 12.1. The average molecular weight is 745 g/mol. The molecule has 8 amide bonds. The highest BCUT2D eigenvalue weighted by Gasteiger charge is 2.32. The smallest absolute Gasteiger partial charge is 0.305 e. The lowest BCUT2D eigenvalue weighted by Crippen LogP contribution is -2.59. The van der Waals surface area contributed by atoms with E-state index in [4.69, 9.17) is 5.73 Å². The summed E-state index contributed by atoms with van der Waals surface area (Å²) in [7, 11) is 0. The number of carboxylic acid groups (broad SMARTS) is 1. The first-order chi connectivity index (χ1) is 23.4. The molecule has 0 aromatic carbocycles. The third kappa shape index (κ3) is 15.1. The van der Waals surface area contributed by atoms with Crippen LogP contribution in [0.15, 0.2) is 12.5 Å². The van der Waals surface area contributed by atoms with E-state index in [1.54, 1.807) is 13.8 Å². The van der Waals surface area contributed by atoms with Crippen molar-refractivity contribution in [2.75, 3.05) is 18.1 Å². The van der Waals surface area contributed by atoms with E-state index in [1.807, 2.05) is 0 Å². The lowest BCUT2D eigenvalue weighted by molar-refractivity contribution is -0.141. The normalized spacial score (nSPS) is 14.4. The number of H-pyrrole nitrogens is 1. The Bertz CT molecular complexity index is 1390. The molecule has 0 aliphatic heterocycles. The molecule has 1 heterocycles. The molecule has 0 bridgehead atoms. The lowest BCUT2D eigenvalue weighted by Gasteiger charge is -2.26. The van der Waals surface area contributed by atoms with Gasteiger partial charge in [-0.25, -0.2) is 4.98 Å². The van der Waals surface area contributed by atoms with Gasteiger partial charge in [-0.2, -0.15) is 25.3 Å². The number of aliphatic carboxylic acids is 1. The van der Waals surface area contributed by atoms with Gasteiger partial charge >= 0.3 is 5.97 Å². The van der Waals surface area contributed by atoms with Crippen molar-refractivity contribution in [3.63, 3.8) is 0 Å². The predicted molar refractivity (Wildman–Crippen MR) is 182 cm³/mol. The zero-order valence-electron chi connectivity index (χ0n) is 27.8. The minimum absolute atomic E-state index is 0.0436. The van der Waals surface area contributed by atoms with Gasteiger partial charge in [-0.05, 0) is 12.8 Å². The number of carboxylic acids is 1. The van der Waals surface area contributed by atoms with Crippen LogP contribution < -0.4 is 43.0 Å². The number of thiol groups is 2. The van der Waals surface area contributed by atoms with Crippen molar-refractivity contribution in [3.8, 4) is 0 Å². The highest BCUT2D eigenvalue weighted by atomic mass is 32.1. The van der Waals surface area contributed by atoms with E-state index in [0.717, 1.165) is 0 Å². The maximum absolute atomic E-state index is 13.2. The summed E-state index contributed by atoms with van der Waals surface area (Å²) in [4.78, 5) is 118. The number of nitrogens with two attached hydrogens (primary N) is 1. The van der Waals surface area contributed by atoms with Crippen molar-refractivity contribution in [2.24, 2.45) is 11.7 Å². The number of amides is 8. The fourth-order valence-electron chi connectivity index (χ4n) is 4.12. The molecular weight excluding hydrogens is 701 g/mol. The highest BCUT2D eigenvalue weighted by molar-refractivity contribution is 7.80. The van der Waals surface area contributed by atoms with Gasteiger partial charge in [-0.15, -0.1) is 0 Å². The molecule has 278 valence electrons. The second kappa shape index (κ2) is 21.3. The number of rotatable bonds is 21. The molecule has 6 atom stereocenters. The summed E-state index contributed by atoms with van der Waals surface area (Å²) >= 11 is 7.93. The Morgan fingerprint density at radius 2 is 1.36 bits per heavy atom. The van der Waals surface area contributed by atoms with Crippen molar-refractivity contribution in [1.29, 1.82) is 0 Å². The number of hydrogen-bond donors (Lipinski definition) is 12. The summed E-state index contributed by atoms with van der Waals surface area (Å²) < 4.78 is 0. The molecule has 0 aliphatic rings. The van der Waals surface area contributed by atoms with Crippen molar-refractivity contribution in [3.05, 3.63) is 18.2 Å². The van der Waals surface area contributed by atoms with E-state index in [0.29, 0.717) is 5.69 Å².